The highest BCUT2D eigenvalue weighted by atomic mass is 14.9. The minimum Gasteiger partial charge on any atom is -0.354 e. The predicted octanol–water partition coefficient (Wildman–Crippen LogP) is 3.93. The van der Waals surface area contributed by atoms with Crippen LogP contribution >= 0.6 is 0 Å². The first-order valence-corrected chi connectivity index (χ1v) is 5.72. The molecule has 0 saturated heterocycles. The van der Waals surface area contributed by atoms with E-state index in [1.807, 2.05) is 0 Å². The fourth-order valence-corrected chi connectivity index (χ4v) is 2.24. The smallest absolute Gasteiger partial charge is 0.0181 e. The van der Waals surface area contributed by atoms with Gasteiger partial charge in [-0.05, 0) is 28.9 Å². The molecular formula is C14H25N. The maximum Gasteiger partial charge on any atom is 0.0181 e. The van der Waals surface area contributed by atoms with E-state index in [2.05, 4.69) is 66.3 Å². The molecule has 1 aromatic rings. The van der Waals surface area contributed by atoms with Gasteiger partial charge in [0.25, 0.3) is 0 Å². The van der Waals surface area contributed by atoms with Crippen molar-refractivity contribution < 1.29 is 0 Å². The van der Waals surface area contributed by atoms with Crippen LogP contribution in [0.2, 0.25) is 0 Å². The van der Waals surface area contributed by atoms with Gasteiger partial charge in [-0.15, -0.1) is 0 Å². The highest BCUT2D eigenvalue weighted by Gasteiger charge is 2.28. The molecule has 15 heavy (non-hydrogen) atoms. The van der Waals surface area contributed by atoms with E-state index in [1.165, 1.54) is 16.8 Å². The summed E-state index contributed by atoms with van der Waals surface area (Å²) >= 11 is 0. The first-order chi connectivity index (χ1) is 6.55. The molecule has 0 spiro atoms. The van der Waals surface area contributed by atoms with Crippen molar-refractivity contribution in [3.63, 3.8) is 0 Å². The number of hydrogen-bond donors (Lipinski definition) is 0. The quantitative estimate of drug-likeness (QED) is 0.607. The van der Waals surface area contributed by atoms with Crippen LogP contribution in [0, 0.1) is 6.92 Å². The van der Waals surface area contributed by atoms with Gasteiger partial charge >= 0.3 is 0 Å². The SMILES string of the molecule is Cc1c(C(C)(C)C)c(C(C)(C)C)cn1C. The summed E-state index contributed by atoms with van der Waals surface area (Å²) in [5.74, 6) is 0. The lowest BCUT2D eigenvalue weighted by Gasteiger charge is -2.27. The Balaban J connectivity index is 3.48. The standard InChI is InChI=1S/C14H25N/c1-10-12(14(5,6)7)11(9-15(10)8)13(2,3)4/h9H,1-8H3. The third-order valence-corrected chi connectivity index (χ3v) is 3.04. The van der Waals surface area contributed by atoms with Gasteiger partial charge in [-0.3, -0.25) is 0 Å². The molecule has 86 valence electrons. The molecule has 0 saturated carbocycles. The van der Waals surface area contributed by atoms with Gasteiger partial charge in [0.05, 0.1) is 0 Å². The van der Waals surface area contributed by atoms with E-state index in [0.29, 0.717) is 0 Å². The molecule has 1 aromatic heterocycles. The number of nitrogens with zero attached hydrogens (tertiary/aromatic N) is 1. The molecule has 0 N–H and O–H groups in total. The fraction of sp³-hybridized carbons (Fsp3) is 0.714. The molecule has 0 fully saturated rings. The van der Waals surface area contributed by atoms with Gasteiger partial charge in [0.15, 0.2) is 0 Å². The molecule has 0 radical (unpaired) electrons. The lowest BCUT2D eigenvalue weighted by molar-refractivity contribution is 0.532. The highest BCUT2D eigenvalue weighted by molar-refractivity contribution is 5.41. The maximum absolute atomic E-state index is 2.30. The third-order valence-electron chi connectivity index (χ3n) is 3.04. The van der Waals surface area contributed by atoms with Crippen LogP contribution in [-0.2, 0) is 17.9 Å². The Labute approximate surface area is 94.5 Å². The number of aromatic nitrogens is 1. The van der Waals surface area contributed by atoms with Crippen molar-refractivity contribution >= 4 is 0 Å². The minimum atomic E-state index is 0.230. The molecule has 0 amide bonds. The summed E-state index contributed by atoms with van der Waals surface area (Å²) < 4.78 is 2.25. The van der Waals surface area contributed by atoms with Gasteiger partial charge in [-0.25, -0.2) is 0 Å². The van der Waals surface area contributed by atoms with E-state index >= 15 is 0 Å². The second kappa shape index (κ2) is 3.40. The third kappa shape index (κ3) is 2.27. The van der Waals surface area contributed by atoms with E-state index in [-0.39, 0.29) is 10.8 Å². The molecule has 0 aromatic carbocycles. The Hall–Kier alpha value is -0.720. The van der Waals surface area contributed by atoms with Crippen LogP contribution < -0.4 is 0 Å². The molecule has 0 atom stereocenters. The molecule has 1 heterocycles. The van der Waals surface area contributed by atoms with E-state index in [1.54, 1.807) is 0 Å². The minimum absolute atomic E-state index is 0.230. The van der Waals surface area contributed by atoms with Crippen LogP contribution in [0.25, 0.3) is 0 Å². The number of aryl methyl sites for hydroxylation is 1. The summed E-state index contributed by atoms with van der Waals surface area (Å²) in [5.41, 5.74) is 4.85. The Morgan fingerprint density at radius 3 is 1.67 bits per heavy atom. The molecule has 0 bridgehead atoms. The first-order valence-electron chi connectivity index (χ1n) is 5.72. The molecular weight excluding hydrogens is 182 g/mol. The van der Waals surface area contributed by atoms with Gasteiger partial charge in [0.1, 0.15) is 0 Å². The summed E-state index contributed by atoms with van der Waals surface area (Å²) in [7, 11) is 2.14. The summed E-state index contributed by atoms with van der Waals surface area (Å²) in [6.07, 6.45) is 2.29. The van der Waals surface area contributed by atoms with Crippen LogP contribution in [0.15, 0.2) is 6.20 Å². The van der Waals surface area contributed by atoms with E-state index < -0.39 is 0 Å². The van der Waals surface area contributed by atoms with Crippen molar-refractivity contribution in [2.24, 2.45) is 7.05 Å². The maximum atomic E-state index is 2.30. The number of hydrogen-bond acceptors (Lipinski definition) is 0. The molecule has 1 nitrogen and oxygen atoms in total. The van der Waals surface area contributed by atoms with Gasteiger partial charge in [0.2, 0.25) is 0 Å². The average Bonchev–Trinajstić information content (AvgIpc) is 2.25. The largest absolute Gasteiger partial charge is 0.354 e. The lowest BCUT2D eigenvalue weighted by atomic mass is 9.76. The summed E-state index contributed by atoms with van der Waals surface area (Å²) in [5, 5.41) is 0. The van der Waals surface area contributed by atoms with Gasteiger partial charge in [-0.2, -0.15) is 0 Å². The lowest BCUT2D eigenvalue weighted by Crippen LogP contribution is -2.20. The Morgan fingerprint density at radius 1 is 0.933 bits per heavy atom. The zero-order chi connectivity index (χ0) is 12.0. The zero-order valence-corrected chi connectivity index (χ0v) is 11.5. The van der Waals surface area contributed by atoms with E-state index in [9.17, 15) is 0 Å². The first kappa shape index (κ1) is 12.4. The number of rotatable bonds is 0. The molecule has 0 unspecified atom stereocenters. The van der Waals surface area contributed by atoms with Crippen LogP contribution in [0.3, 0.4) is 0 Å². The molecule has 0 aliphatic heterocycles. The van der Waals surface area contributed by atoms with E-state index in [4.69, 9.17) is 0 Å². The molecule has 0 aliphatic rings. The van der Waals surface area contributed by atoms with Gasteiger partial charge in [-0.1, -0.05) is 41.5 Å². The van der Waals surface area contributed by atoms with Crippen molar-refractivity contribution in [1.29, 1.82) is 0 Å². The normalized spacial score (nSPS) is 13.3. The van der Waals surface area contributed by atoms with Crippen LogP contribution in [0.4, 0.5) is 0 Å². The Bertz CT molecular complexity index is 356. The second-order valence-electron chi connectivity index (χ2n) is 6.61. The average molecular weight is 207 g/mol. The summed E-state index contributed by atoms with van der Waals surface area (Å²) in [4.78, 5) is 0. The molecule has 1 heteroatoms. The van der Waals surface area contributed by atoms with Gasteiger partial charge < -0.3 is 4.57 Å². The fourth-order valence-electron chi connectivity index (χ4n) is 2.24. The van der Waals surface area contributed by atoms with Crippen LogP contribution in [0.5, 0.6) is 0 Å². The molecule has 1 rings (SSSR count). The highest BCUT2D eigenvalue weighted by Crippen LogP contribution is 2.36. The van der Waals surface area contributed by atoms with Crippen molar-refractivity contribution in [2.45, 2.75) is 59.3 Å². The summed E-state index contributed by atoms with van der Waals surface area (Å²) in [6, 6.07) is 0. The zero-order valence-electron chi connectivity index (χ0n) is 11.5. The monoisotopic (exact) mass is 207 g/mol. The van der Waals surface area contributed by atoms with Crippen molar-refractivity contribution in [3.05, 3.63) is 23.0 Å². The van der Waals surface area contributed by atoms with Crippen molar-refractivity contribution in [1.82, 2.24) is 4.57 Å². The molecule has 0 aliphatic carbocycles. The Morgan fingerprint density at radius 2 is 1.40 bits per heavy atom. The second-order valence-corrected chi connectivity index (χ2v) is 6.61. The van der Waals surface area contributed by atoms with Crippen LogP contribution in [-0.4, -0.2) is 4.57 Å². The summed E-state index contributed by atoms with van der Waals surface area (Å²) in [6.45, 7) is 16.0. The van der Waals surface area contributed by atoms with E-state index in [0.717, 1.165) is 0 Å². The van der Waals surface area contributed by atoms with Crippen LogP contribution in [0.1, 0.15) is 58.4 Å². The van der Waals surface area contributed by atoms with Crippen molar-refractivity contribution in [2.75, 3.05) is 0 Å². The van der Waals surface area contributed by atoms with Crippen molar-refractivity contribution in [3.8, 4) is 0 Å². The topological polar surface area (TPSA) is 4.93 Å². The predicted molar refractivity (Wildman–Crippen MR) is 67.6 cm³/mol. The van der Waals surface area contributed by atoms with Gasteiger partial charge in [0, 0.05) is 18.9 Å². The Kier molecular flexibility index (Phi) is 2.80.